The lowest BCUT2D eigenvalue weighted by molar-refractivity contribution is -0.130. The van der Waals surface area contributed by atoms with Crippen LogP contribution in [0.1, 0.15) is 11.3 Å². The summed E-state index contributed by atoms with van der Waals surface area (Å²) < 4.78 is 1.16. The van der Waals surface area contributed by atoms with Crippen LogP contribution in [0.4, 0.5) is 0 Å². The van der Waals surface area contributed by atoms with Gasteiger partial charge in [-0.3, -0.25) is 9.59 Å². The molecule has 7 heteroatoms. The zero-order chi connectivity index (χ0) is 16.1. The van der Waals surface area contributed by atoms with Gasteiger partial charge in [0.05, 0.1) is 17.4 Å². The number of rotatable bonds is 5. The number of nitriles is 1. The van der Waals surface area contributed by atoms with Crippen LogP contribution in [0.2, 0.25) is 0 Å². The second-order valence-corrected chi connectivity index (χ2v) is 6.14. The van der Waals surface area contributed by atoms with Crippen LogP contribution in [0.15, 0.2) is 29.1 Å². The summed E-state index contributed by atoms with van der Waals surface area (Å²) in [7, 11) is 1.61. The fourth-order valence-electron chi connectivity index (χ4n) is 1.86. The maximum atomic E-state index is 12.0. The topological polar surface area (TPSA) is 79.0 Å². The number of aryl methyl sites for hydroxylation is 1. The summed E-state index contributed by atoms with van der Waals surface area (Å²) in [6, 6.07) is 8.99. The molecule has 0 aliphatic heterocycles. The van der Waals surface area contributed by atoms with Crippen molar-refractivity contribution in [3.63, 3.8) is 0 Å². The maximum Gasteiger partial charge on any atom is 0.267 e. The van der Waals surface area contributed by atoms with Crippen molar-refractivity contribution in [3.8, 4) is 16.6 Å². The van der Waals surface area contributed by atoms with Crippen LogP contribution in [-0.4, -0.2) is 34.2 Å². The molecule has 0 N–H and O–H groups in total. The molecule has 2 heterocycles. The van der Waals surface area contributed by atoms with Gasteiger partial charge < -0.3 is 4.90 Å². The third-order valence-corrected chi connectivity index (χ3v) is 4.15. The van der Waals surface area contributed by atoms with Crippen molar-refractivity contribution < 1.29 is 4.79 Å². The Morgan fingerprint density at radius 3 is 2.82 bits per heavy atom. The standard InChI is InChI=1S/C15H16N4O2S/c1-11-4-6-13(22-11)12-5-7-14(20)19(17-12)10-15(21)18(2)9-3-8-16/h4-7H,3,9-10H2,1-2H3. The summed E-state index contributed by atoms with van der Waals surface area (Å²) in [5, 5.41) is 12.8. The molecule has 114 valence electrons. The Morgan fingerprint density at radius 2 is 2.18 bits per heavy atom. The molecule has 0 saturated heterocycles. The molecule has 2 rings (SSSR count). The van der Waals surface area contributed by atoms with E-state index in [2.05, 4.69) is 5.10 Å². The lowest BCUT2D eigenvalue weighted by Crippen LogP contribution is -2.35. The average Bonchev–Trinajstić information content (AvgIpc) is 2.93. The predicted molar refractivity (Wildman–Crippen MR) is 84.4 cm³/mol. The van der Waals surface area contributed by atoms with Crippen molar-refractivity contribution >= 4 is 17.2 Å². The fourth-order valence-corrected chi connectivity index (χ4v) is 2.69. The monoisotopic (exact) mass is 316 g/mol. The summed E-state index contributed by atoms with van der Waals surface area (Å²) in [6.07, 6.45) is 0.263. The van der Waals surface area contributed by atoms with Crippen molar-refractivity contribution in [2.45, 2.75) is 19.9 Å². The highest BCUT2D eigenvalue weighted by Gasteiger charge is 2.12. The third kappa shape index (κ3) is 3.80. The minimum atomic E-state index is -0.320. The van der Waals surface area contributed by atoms with Gasteiger partial charge in [-0.2, -0.15) is 10.4 Å². The molecule has 0 aromatic carbocycles. The van der Waals surface area contributed by atoms with Gasteiger partial charge in [0.2, 0.25) is 5.91 Å². The van der Waals surface area contributed by atoms with Gasteiger partial charge in [-0.25, -0.2) is 4.68 Å². The number of carbonyl (C=O) groups excluding carboxylic acids is 1. The second kappa shape index (κ2) is 7.00. The van der Waals surface area contributed by atoms with Gasteiger partial charge in [-0.15, -0.1) is 11.3 Å². The molecule has 0 saturated carbocycles. The van der Waals surface area contributed by atoms with E-state index >= 15 is 0 Å². The Morgan fingerprint density at radius 1 is 1.41 bits per heavy atom. The first kappa shape index (κ1) is 15.9. The SMILES string of the molecule is Cc1ccc(-c2ccc(=O)n(CC(=O)N(C)CCC#N)n2)s1. The van der Waals surface area contributed by atoms with E-state index in [1.54, 1.807) is 24.5 Å². The molecule has 0 unspecified atom stereocenters. The van der Waals surface area contributed by atoms with Crippen LogP contribution in [0.3, 0.4) is 0 Å². The first-order valence-electron chi connectivity index (χ1n) is 6.77. The van der Waals surface area contributed by atoms with Gasteiger partial charge >= 0.3 is 0 Å². The van der Waals surface area contributed by atoms with E-state index in [1.807, 2.05) is 25.1 Å². The van der Waals surface area contributed by atoms with Gasteiger partial charge in [0.15, 0.2) is 0 Å². The van der Waals surface area contributed by atoms with Gasteiger partial charge in [0.1, 0.15) is 12.2 Å². The van der Waals surface area contributed by atoms with Gasteiger partial charge in [0.25, 0.3) is 5.56 Å². The van der Waals surface area contributed by atoms with Crippen LogP contribution in [0.5, 0.6) is 0 Å². The van der Waals surface area contributed by atoms with E-state index in [9.17, 15) is 9.59 Å². The maximum absolute atomic E-state index is 12.0. The zero-order valence-electron chi connectivity index (χ0n) is 12.4. The summed E-state index contributed by atoms with van der Waals surface area (Å²) in [4.78, 5) is 27.4. The zero-order valence-corrected chi connectivity index (χ0v) is 13.3. The third-order valence-electron chi connectivity index (χ3n) is 3.13. The molecule has 0 spiro atoms. The second-order valence-electron chi connectivity index (χ2n) is 4.85. The van der Waals surface area contributed by atoms with E-state index in [0.717, 1.165) is 14.4 Å². The number of carbonyl (C=O) groups is 1. The largest absolute Gasteiger partial charge is 0.343 e. The Labute approximate surface area is 132 Å². The van der Waals surface area contributed by atoms with Gasteiger partial charge in [-0.1, -0.05) is 0 Å². The minimum absolute atomic E-state index is 0.126. The first-order valence-corrected chi connectivity index (χ1v) is 7.59. The molecule has 0 bridgehead atoms. The van der Waals surface area contributed by atoms with E-state index < -0.39 is 0 Å². The number of likely N-dealkylation sites (N-methyl/N-ethyl adjacent to an activating group) is 1. The van der Waals surface area contributed by atoms with Crippen molar-refractivity contribution in [3.05, 3.63) is 39.5 Å². The molecule has 0 atom stereocenters. The minimum Gasteiger partial charge on any atom is -0.343 e. The Bertz CT molecular complexity index is 772. The van der Waals surface area contributed by atoms with Crippen molar-refractivity contribution in [1.82, 2.24) is 14.7 Å². The lowest BCUT2D eigenvalue weighted by atomic mass is 10.3. The highest BCUT2D eigenvalue weighted by molar-refractivity contribution is 7.15. The highest BCUT2D eigenvalue weighted by atomic mass is 32.1. The lowest BCUT2D eigenvalue weighted by Gasteiger charge is -2.15. The average molecular weight is 316 g/mol. The molecule has 0 aliphatic rings. The molecule has 0 aliphatic carbocycles. The van der Waals surface area contributed by atoms with E-state index in [-0.39, 0.29) is 24.4 Å². The van der Waals surface area contributed by atoms with Gasteiger partial charge in [-0.05, 0) is 25.1 Å². The van der Waals surface area contributed by atoms with Crippen molar-refractivity contribution in [1.29, 1.82) is 5.26 Å². The van der Waals surface area contributed by atoms with Crippen molar-refractivity contribution in [2.75, 3.05) is 13.6 Å². The number of nitrogens with zero attached hydrogens (tertiary/aromatic N) is 4. The number of hydrogen-bond acceptors (Lipinski definition) is 5. The summed E-state index contributed by atoms with van der Waals surface area (Å²) >= 11 is 1.58. The van der Waals surface area contributed by atoms with Crippen molar-refractivity contribution in [2.24, 2.45) is 0 Å². The highest BCUT2D eigenvalue weighted by Crippen LogP contribution is 2.24. The smallest absolute Gasteiger partial charge is 0.267 e. The predicted octanol–water partition coefficient (Wildman–Crippen LogP) is 1.65. The molecular formula is C15H16N4O2S. The number of aromatic nitrogens is 2. The van der Waals surface area contributed by atoms with Crippen LogP contribution in [0.25, 0.3) is 10.6 Å². The molecule has 2 aromatic rings. The van der Waals surface area contributed by atoms with Crippen LogP contribution < -0.4 is 5.56 Å². The summed E-state index contributed by atoms with van der Waals surface area (Å²) in [5.74, 6) is -0.246. The molecule has 1 amide bonds. The molecular weight excluding hydrogens is 300 g/mol. The molecule has 0 fully saturated rings. The Kier molecular flexibility index (Phi) is 5.07. The Balaban J connectivity index is 2.19. The fraction of sp³-hybridized carbons (Fsp3) is 0.333. The van der Waals surface area contributed by atoms with Crippen LogP contribution >= 0.6 is 11.3 Å². The summed E-state index contributed by atoms with van der Waals surface area (Å²) in [5.41, 5.74) is 0.351. The molecule has 0 radical (unpaired) electrons. The first-order chi connectivity index (χ1) is 10.5. The van der Waals surface area contributed by atoms with Gasteiger partial charge in [0, 0.05) is 24.5 Å². The number of hydrogen-bond donors (Lipinski definition) is 0. The number of amides is 1. The molecule has 2 aromatic heterocycles. The molecule has 22 heavy (non-hydrogen) atoms. The van der Waals surface area contributed by atoms with Crippen LogP contribution in [-0.2, 0) is 11.3 Å². The van der Waals surface area contributed by atoms with E-state index in [0.29, 0.717) is 12.2 Å². The quantitative estimate of drug-likeness (QED) is 0.840. The van der Waals surface area contributed by atoms with Crippen LogP contribution in [0, 0.1) is 18.3 Å². The van der Waals surface area contributed by atoms with E-state index in [1.165, 1.54) is 11.0 Å². The normalized spacial score (nSPS) is 10.2. The Hall–Kier alpha value is -2.46. The molecule has 6 nitrogen and oxygen atoms in total. The summed E-state index contributed by atoms with van der Waals surface area (Å²) in [6.45, 7) is 2.21. The number of thiophene rings is 1. The van der Waals surface area contributed by atoms with E-state index in [4.69, 9.17) is 5.26 Å².